The summed E-state index contributed by atoms with van der Waals surface area (Å²) in [4.78, 5) is 19.1. The molecule has 0 aliphatic carbocycles. The number of nitrogens with zero attached hydrogens (tertiary/aromatic N) is 1. The highest BCUT2D eigenvalue weighted by Crippen LogP contribution is 2.06. The van der Waals surface area contributed by atoms with Crippen LogP contribution in [0.3, 0.4) is 0 Å². The molecule has 96 valence electrons. The van der Waals surface area contributed by atoms with Crippen LogP contribution in [-0.2, 0) is 6.42 Å². The predicted octanol–water partition coefficient (Wildman–Crippen LogP) is 2.63. The standard InChI is InChI=1S/C13H23N3O/c1-4-6-8-11-10(3)15-13(16-12(11)17)14-9-7-5-2/h4-9H2,1-3H3,(H2,14,15,16,17). The summed E-state index contributed by atoms with van der Waals surface area (Å²) in [6.45, 7) is 7.02. The summed E-state index contributed by atoms with van der Waals surface area (Å²) in [5.41, 5.74) is 1.68. The third-order valence-electron chi connectivity index (χ3n) is 2.83. The zero-order valence-corrected chi connectivity index (χ0v) is 11.1. The van der Waals surface area contributed by atoms with Crippen molar-refractivity contribution < 1.29 is 0 Å². The molecule has 0 aliphatic rings. The summed E-state index contributed by atoms with van der Waals surface area (Å²) >= 11 is 0. The van der Waals surface area contributed by atoms with E-state index in [-0.39, 0.29) is 5.56 Å². The third kappa shape index (κ3) is 4.21. The zero-order valence-electron chi connectivity index (χ0n) is 11.1. The molecule has 1 rings (SSSR count). The fraction of sp³-hybridized carbons (Fsp3) is 0.692. The maximum Gasteiger partial charge on any atom is 0.255 e. The molecule has 2 N–H and O–H groups in total. The van der Waals surface area contributed by atoms with E-state index in [1.54, 1.807) is 0 Å². The number of aromatic nitrogens is 2. The minimum atomic E-state index is 0.00458. The van der Waals surface area contributed by atoms with Crippen molar-refractivity contribution in [1.29, 1.82) is 0 Å². The number of nitrogens with one attached hydrogen (secondary N) is 2. The number of anilines is 1. The molecule has 0 fully saturated rings. The van der Waals surface area contributed by atoms with Gasteiger partial charge in [0, 0.05) is 17.8 Å². The van der Waals surface area contributed by atoms with Crippen LogP contribution in [0.1, 0.15) is 50.8 Å². The lowest BCUT2D eigenvalue weighted by Crippen LogP contribution is -2.19. The van der Waals surface area contributed by atoms with Crippen molar-refractivity contribution in [1.82, 2.24) is 9.97 Å². The van der Waals surface area contributed by atoms with E-state index in [0.29, 0.717) is 5.95 Å². The second-order valence-electron chi connectivity index (χ2n) is 4.36. The summed E-state index contributed by atoms with van der Waals surface area (Å²) in [6, 6.07) is 0. The number of hydrogen-bond donors (Lipinski definition) is 2. The van der Waals surface area contributed by atoms with Gasteiger partial charge in [0.2, 0.25) is 5.95 Å². The molecule has 0 aliphatic heterocycles. The maximum atomic E-state index is 11.9. The first-order valence-corrected chi connectivity index (χ1v) is 6.52. The highest BCUT2D eigenvalue weighted by molar-refractivity contribution is 5.29. The van der Waals surface area contributed by atoms with Gasteiger partial charge in [-0.05, 0) is 26.2 Å². The van der Waals surface area contributed by atoms with Gasteiger partial charge in [0.25, 0.3) is 5.56 Å². The Balaban J connectivity index is 2.75. The van der Waals surface area contributed by atoms with Crippen LogP contribution in [0.4, 0.5) is 5.95 Å². The number of hydrogen-bond acceptors (Lipinski definition) is 3. The zero-order chi connectivity index (χ0) is 12.7. The number of rotatable bonds is 7. The van der Waals surface area contributed by atoms with E-state index in [4.69, 9.17) is 0 Å². The molecule has 0 amide bonds. The van der Waals surface area contributed by atoms with Crippen molar-refractivity contribution in [3.8, 4) is 0 Å². The molecule has 0 atom stereocenters. The van der Waals surface area contributed by atoms with Gasteiger partial charge in [-0.1, -0.05) is 26.7 Å². The molecule has 0 radical (unpaired) electrons. The van der Waals surface area contributed by atoms with Crippen molar-refractivity contribution >= 4 is 5.95 Å². The smallest absolute Gasteiger partial charge is 0.255 e. The van der Waals surface area contributed by atoms with Crippen molar-refractivity contribution in [2.24, 2.45) is 0 Å². The van der Waals surface area contributed by atoms with Crippen LogP contribution < -0.4 is 10.9 Å². The second-order valence-corrected chi connectivity index (χ2v) is 4.36. The van der Waals surface area contributed by atoms with Crippen LogP contribution in [0, 0.1) is 6.92 Å². The predicted molar refractivity (Wildman–Crippen MR) is 71.6 cm³/mol. The molecule has 1 aromatic heterocycles. The van der Waals surface area contributed by atoms with E-state index in [0.717, 1.165) is 49.9 Å². The lowest BCUT2D eigenvalue weighted by Gasteiger charge is -2.08. The van der Waals surface area contributed by atoms with Gasteiger partial charge in [0.1, 0.15) is 0 Å². The molecule has 0 unspecified atom stereocenters. The molecular formula is C13H23N3O. The lowest BCUT2D eigenvalue weighted by atomic mass is 10.1. The Morgan fingerprint density at radius 1 is 1.24 bits per heavy atom. The SMILES string of the molecule is CCCCNc1nc(C)c(CCCC)c(=O)[nH]1. The van der Waals surface area contributed by atoms with Gasteiger partial charge in [0.05, 0.1) is 0 Å². The molecule has 17 heavy (non-hydrogen) atoms. The van der Waals surface area contributed by atoms with Crippen molar-refractivity contribution in [3.05, 3.63) is 21.6 Å². The van der Waals surface area contributed by atoms with Gasteiger partial charge in [-0.3, -0.25) is 9.78 Å². The van der Waals surface area contributed by atoms with Crippen molar-refractivity contribution in [3.63, 3.8) is 0 Å². The minimum absolute atomic E-state index is 0.00458. The minimum Gasteiger partial charge on any atom is -0.356 e. The first-order chi connectivity index (χ1) is 8.19. The monoisotopic (exact) mass is 237 g/mol. The van der Waals surface area contributed by atoms with Gasteiger partial charge >= 0.3 is 0 Å². The number of unbranched alkanes of at least 4 members (excludes halogenated alkanes) is 2. The number of H-pyrrole nitrogens is 1. The molecule has 0 aromatic carbocycles. The first-order valence-electron chi connectivity index (χ1n) is 6.52. The Bertz CT molecular complexity index is 398. The highest BCUT2D eigenvalue weighted by Gasteiger charge is 2.07. The molecular weight excluding hydrogens is 214 g/mol. The van der Waals surface area contributed by atoms with Crippen molar-refractivity contribution in [2.75, 3.05) is 11.9 Å². The topological polar surface area (TPSA) is 57.8 Å². The lowest BCUT2D eigenvalue weighted by molar-refractivity contribution is 0.771. The molecule has 4 nitrogen and oxygen atoms in total. The average molecular weight is 237 g/mol. The van der Waals surface area contributed by atoms with Gasteiger partial charge < -0.3 is 5.32 Å². The number of aromatic amines is 1. The normalized spacial score (nSPS) is 10.5. The Kier molecular flexibility index (Phi) is 5.73. The molecule has 0 bridgehead atoms. The molecule has 0 spiro atoms. The van der Waals surface area contributed by atoms with Gasteiger partial charge in [-0.2, -0.15) is 0 Å². The number of aryl methyl sites for hydroxylation is 1. The Morgan fingerprint density at radius 2 is 1.94 bits per heavy atom. The molecule has 4 heteroatoms. The summed E-state index contributed by atoms with van der Waals surface area (Å²) < 4.78 is 0. The summed E-state index contributed by atoms with van der Waals surface area (Å²) in [7, 11) is 0. The molecule has 0 saturated heterocycles. The van der Waals surface area contributed by atoms with Crippen LogP contribution in [0.15, 0.2) is 4.79 Å². The van der Waals surface area contributed by atoms with E-state index in [9.17, 15) is 4.79 Å². The van der Waals surface area contributed by atoms with Crippen LogP contribution in [0.5, 0.6) is 0 Å². The average Bonchev–Trinajstić information content (AvgIpc) is 2.28. The summed E-state index contributed by atoms with van der Waals surface area (Å²) in [5.74, 6) is 0.598. The van der Waals surface area contributed by atoms with Crippen LogP contribution in [0.2, 0.25) is 0 Å². The van der Waals surface area contributed by atoms with Crippen LogP contribution >= 0.6 is 0 Å². The summed E-state index contributed by atoms with van der Waals surface area (Å²) in [6.07, 6.45) is 5.16. The Hall–Kier alpha value is -1.32. The third-order valence-corrected chi connectivity index (χ3v) is 2.83. The van der Waals surface area contributed by atoms with Crippen molar-refractivity contribution in [2.45, 2.75) is 52.9 Å². The summed E-state index contributed by atoms with van der Waals surface area (Å²) in [5, 5.41) is 3.14. The first kappa shape index (κ1) is 13.7. The van der Waals surface area contributed by atoms with E-state index in [2.05, 4.69) is 29.1 Å². The fourth-order valence-corrected chi connectivity index (χ4v) is 1.73. The van der Waals surface area contributed by atoms with Gasteiger partial charge in [-0.15, -0.1) is 0 Å². The molecule has 1 aromatic rings. The van der Waals surface area contributed by atoms with Crippen LogP contribution in [-0.4, -0.2) is 16.5 Å². The quantitative estimate of drug-likeness (QED) is 0.717. The maximum absolute atomic E-state index is 11.9. The Labute approximate surface area is 103 Å². The molecule has 1 heterocycles. The molecule has 0 saturated carbocycles. The largest absolute Gasteiger partial charge is 0.356 e. The van der Waals surface area contributed by atoms with E-state index >= 15 is 0 Å². The fourth-order valence-electron chi connectivity index (χ4n) is 1.73. The van der Waals surface area contributed by atoms with E-state index < -0.39 is 0 Å². The van der Waals surface area contributed by atoms with E-state index in [1.807, 2.05) is 6.92 Å². The van der Waals surface area contributed by atoms with Gasteiger partial charge in [0.15, 0.2) is 0 Å². The van der Waals surface area contributed by atoms with E-state index in [1.165, 1.54) is 0 Å². The second kappa shape index (κ2) is 7.09. The highest BCUT2D eigenvalue weighted by atomic mass is 16.1. The Morgan fingerprint density at radius 3 is 2.53 bits per heavy atom. The van der Waals surface area contributed by atoms with Crippen LogP contribution in [0.25, 0.3) is 0 Å². The van der Waals surface area contributed by atoms with Gasteiger partial charge in [-0.25, -0.2) is 4.98 Å².